The summed E-state index contributed by atoms with van der Waals surface area (Å²) in [7, 11) is 0. The Hall–Kier alpha value is -0.240. The summed E-state index contributed by atoms with van der Waals surface area (Å²) in [5, 5.41) is 9.63. The monoisotopic (exact) mass is 175 g/mol. The van der Waals surface area contributed by atoms with Crippen molar-refractivity contribution in [1.29, 1.82) is 0 Å². The second kappa shape index (κ2) is 3.24. The third-order valence-electron chi connectivity index (χ3n) is 1.10. The average molecular weight is 176 g/mol. The van der Waals surface area contributed by atoms with Gasteiger partial charge < -0.3 is 5.11 Å². The van der Waals surface area contributed by atoms with Gasteiger partial charge in [-0.3, -0.25) is 0 Å². The highest BCUT2D eigenvalue weighted by Crippen LogP contribution is 2.19. The van der Waals surface area contributed by atoms with Gasteiger partial charge in [0.05, 0.1) is 6.61 Å². The summed E-state index contributed by atoms with van der Waals surface area (Å²) in [4.78, 5) is 0. The molecule has 0 aliphatic carbocycles. The summed E-state index contributed by atoms with van der Waals surface area (Å²) in [6.45, 7) is -0.101. The van der Waals surface area contributed by atoms with Crippen molar-refractivity contribution in [3.05, 3.63) is 33.8 Å². The van der Waals surface area contributed by atoms with E-state index in [0.29, 0.717) is 15.6 Å². The van der Waals surface area contributed by atoms with Crippen LogP contribution >= 0.6 is 23.2 Å². The van der Waals surface area contributed by atoms with E-state index < -0.39 is 0 Å². The summed E-state index contributed by atoms with van der Waals surface area (Å²) in [5.41, 5.74) is 0.575. The molecule has 0 aliphatic heterocycles. The molecule has 1 N–H and O–H groups in total. The normalized spacial score (nSPS) is 9.90. The van der Waals surface area contributed by atoms with E-state index in [1.54, 1.807) is 12.1 Å². The van der Waals surface area contributed by atoms with Crippen LogP contribution in [-0.2, 0) is 6.61 Å². The van der Waals surface area contributed by atoms with Crippen molar-refractivity contribution >= 4 is 23.2 Å². The molecule has 0 spiro atoms. The molecule has 0 fully saturated rings. The minimum atomic E-state index is -0.101. The highest BCUT2D eigenvalue weighted by atomic mass is 35.5. The lowest BCUT2D eigenvalue weighted by Crippen LogP contribution is -1.83. The minimum Gasteiger partial charge on any atom is -0.392 e. The van der Waals surface area contributed by atoms with Crippen LogP contribution < -0.4 is 0 Å². The fourth-order valence-corrected chi connectivity index (χ4v) is 1.05. The molecule has 0 amide bonds. The zero-order chi connectivity index (χ0) is 7.56. The lowest BCUT2D eigenvalue weighted by Gasteiger charge is -1.97. The molecule has 1 nitrogen and oxygen atoms in total. The van der Waals surface area contributed by atoms with Crippen LogP contribution in [0.25, 0.3) is 0 Å². The summed E-state index contributed by atoms with van der Waals surface area (Å²) in [6, 6.07) is 5.88. The average Bonchev–Trinajstić information content (AvgIpc) is 1.88. The standard InChI is InChI=1S/C7H5Cl2O/c8-6-2-1-5(4-10)7(9)3-6/h2-3,10H,4H2. The first-order valence-electron chi connectivity index (χ1n) is 2.70. The van der Waals surface area contributed by atoms with Gasteiger partial charge in [-0.15, -0.1) is 0 Å². The van der Waals surface area contributed by atoms with E-state index in [4.69, 9.17) is 28.3 Å². The van der Waals surface area contributed by atoms with E-state index in [1.165, 1.54) is 0 Å². The van der Waals surface area contributed by atoms with Crippen molar-refractivity contribution < 1.29 is 5.11 Å². The Morgan fingerprint density at radius 2 is 2.20 bits per heavy atom. The van der Waals surface area contributed by atoms with E-state index >= 15 is 0 Å². The van der Waals surface area contributed by atoms with Gasteiger partial charge in [0, 0.05) is 15.6 Å². The second-order valence-corrected chi connectivity index (χ2v) is 2.65. The van der Waals surface area contributed by atoms with Gasteiger partial charge in [-0.2, -0.15) is 0 Å². The molecule has 0 atom stereocenters. The van der Waals surface area contributed by atoms with Crippen LogP contribution in [0.1, 0.15) is 5.56 Å². The second-order valence-electron chi connectivity index (χ2n) is 1.80. The largest absolute Gasteiger partial charge is 0.392 e. The SMILES string of the molecule is OCc1[c]cc(Cl)cc1Cl. The van der Waals surface area contributed by atoms with Crippen LogP contribution in [0.3, 0.4) is 0 Å². The molecule has 0 saturated heterocycles. The Balaban J connectivity index is 3.07. The lowest BCUT2D eigenvalue weighted by molar-refractivity contribution is 0.281. The number of hydrogen-bond donors (Lipinski definition) is 1. The maximum absolute atomic E-state index is 8.65. The Labute approximate surface area is 69.2 Å². The van der Waals surface area contributed by atoms with Gasteiger partial charge in [0.1, 0.15) is 0 Å². The van der Waals surface area contributed by atoms with Gasteiger partial charge >= 0.3 is 0 Å². The molecule has 0 unspecified atom stereocenters. The van der Waals surface area contributed by atoms with Crippen LogP contribution in [0.2, 0.25) is 10.0 Å². The van der Waals surface area contributed by atoms with Crippen molar-refractivity contribution in [2.24, 2.45) is 0 Å². The zero-order valence-electron chi connectivity index (χ0n) is 5.06. The molecule has 1 rings (SSSR count). The molecule has 10 heavy (non-hydrogen) atoms. The Bertz CT molecular complexity index is 235. The number of aliphatic hydroxyl groups is 1. The molecule has 0 aliphatic rings. The first-order chi connectivity index (χ1) is 4.74. The van der Waals surface area contributed by atoms with Crippen molar-refractivity contribution in [3.8, 4) is 0 Å². The van der Waals surface area contributed by atoms with Crippen LogP contribution in [0.15, 0.2) is 12.1 Å². The molecule has 3 heteroatoms. The number of benzene rings is 1. The highest BCUT2D eigenvalue weighted by molar-refractivity contribution is 6.35. The molecule has 1 aromatic rings. The number of aliphatic hydroxyl groups excluding tert-OH is 1. The third kappa shape index (κ3) is 1.63. The smallest absolute Gasteiger partial charge is 0.0702 e. The summed E-state index contributed by atoms with van der Waals surface area (Å²) < 4.78 is 0. The molecule has 1 aromatic carbocycles. The fourth-order valence-electron chi connectivity index (χ4n) is 0.596. The van der Waals surface area contributed by atoms with Crippen LogP contribution in [-0.4, -0.2) is 5.11 Å². The minimum absolute atomic E-state index is 0.101. The van der Waals surface area contributed by atoms with Gasteiger partial charge in [0.2, 0.25) is 0 Å². The maximum atomic E-state index is 8.65. The van der Waals surface area contributed by atoms with E-state index in [0.717, 1.165) is 0 Å². The number of halogens is 2. The molecular weight excluding hydrogens is 171 g/mol. The van der Waals surface area contributed by atoms with E-state index in [9.17, 15) is 0 Å². The molecule has 0 bridgehead atoms. The van der Waals surface area contributed by atoms with Crippen molar-refractivity contribution in [2.75, 3.05) is 0 Å². The topological polar surface area (TPSA) is 20.2 Å². The highest BCUT2D eigenvalue weighted by Gasteiger charge is 1.98. The van der Waals surface area contributed by atoms with Gasteiger partial charge in [0.15, 0.2) is 0 Å². The molecular formula is C7H5Cl2O. The van der Waals surface area contributed by atoms with Gasteiger partial charge in [0.25, 0.3) is 0 Å². The van der Waals surface area contributed by atoms with Gasteiger partial charge in [-0.1, -0.05) is 23.2 Å². The molecule has 0 heterocycles. The van der Waals surface area contributed by atoms with Crippen LogP contribution in [0.4, 0.5) is 0 Å². The summed E-state index contributed by atoms with van der Waals surface area (Å²) >= 11 is 11.2. The van der Waals surface area contributed by atoms with Crippen molar-refractivity contribution in [2.45, 2.75) is 6.61 Å². The lowest BCUT2D eigenvalue weighted by atomic mass is 10.2. The molecule has 53 valence electrons. The van der Waals surface area contributed by atoms with Crippen LogP contribution in [0, 0.1) is 6.07 Å². The molecule has 0 aromatic heterocycles. The van der Waals surface area contributed by atoms with Gasteiger partial charge in [-0.25, -0.2) is 0 Å². The molecule has 0 saturated carbocycles. The number of hydrogen-bond acceptors (Lipinski definition) is 1. The Kier molecular flexibility index (Phi) is 2.55. The zero-order valence-corrected chi connectivity index (χ0v) is 6.58. The summed E-state index contributed by atoms with van der Waals surface area (Å²) in [6.07, 6.45) is 0. The van der Waals surface area contributed by atoms with E-state index in [2.05, 4.69) is 6.07 Å². The molecule has 1 radical (unpaired) electrons. The third-order valence-corrected chi connectivity index (χ3v) is 1.65. The van der Waals surface area contributed by atoms with E-state index in [1.807, 2.05) is 0 Å². The van der Waals surface area contributed by atoms with Crippen molar-refractivity contribution in [3.63, 3.8) is 0 Å². The fraction of sp³-hybridized carbons (Fsp3) is 0.143. The first-order valence-corrected chi connectivity index (χ1v) is 3.46. The predicted molar refractivity (Wildman–Crippen MR) is 41.2 cm³/mol. The quantitative estimate of drug-likeness (QED) is 0.695. The van der Waals surface area contributed by atoms with Crippen molar-refractivity contribution in [1.82, 2.24) is 0 Å². The summed E-state index contributed by atoms with van der Waals surface area (Å²) in [5.74, 6) is 0. The van der Waals surface area contributed by atoms with E-state index in [-0.39, 0.29) is 6.61 Å². The maximum Gasteiger partial charge on any atom is 0.0702 e. The van der Waals surface area contributed by atoms with Gasteiger partial charge in [-0.05, 0) is 18.2 Å². The Morgan fingerprint density at radius 3 is 2.70 bits per heavy atom. The number of rotatable bonds is 1. The predicted octanol–water partition coefficient (Wildman–Crippen LogP) is 2.29. The first kappa shape index (κ1) is 7.86. The Morgan fingerprint density at radius 1 is 1.50 bits per heavy atom. The van der Waals surface area contributed by atoms with Crippen LogP contribution in [0.5, 0.6) is 0 Å².